The van der Waals surface area contributed by atoms with Crippen molar-refractivity contribution in [1.29, 1.82) is 0 Å². The zero-order valence-electron chi connectivity index (χ0n) is 39.6. The molecule has 4 aliphatic rings. The van der Waals surface area contributed by atoms with Crippen molar-refractivity contribution in [3.05, 3.63) is 119 Å². The second kappa shape index (κ2) is 18.9. The maximum absolute atomic E-state index is 15.8. The molecule has 4 N–H and O–H groups in total. The van der Waals surface area contributed by atoms with E-state index in [0.29, 0.717) is 73.5 Å². The van der Waals surface area contributed by atoms with Gasteiger partial charge in [0.1, 0.15) is 22.8 Å². The van der Waals surface area contributed by atoms with Crippen LogP contribution in [0.15, 0.2) is 79.0 Å². The zero-order valence-corrected chi connectivity index (χ0v) is 40.4. The fraction of sp³-hybridized carbons (Fsp3) is 0.327. The Bertz CT molecular complexity index is 3420. The number of ether oxygens (including phenoxy) is 1. The van der Waals surface area contributed by atoms with Crippen molar-refractivity contribution in [3.8, 4) is 16.9 Å². The van der Waals surface area contributed by atoms with Gasteiger partial charge in [-0.3, -0.25) is 44.4 Å². The molecule has 1 atom stereocenters. The van der Waals surface area contributed by atoms with Gasteiger partial charge in [-0.25, -0.2) is 19.2 Å². The predicted molar refractivity (Wildman–Crippen MR) is 264 cm³/mol. The van der Waals surface area contributed by atoms with E-state index in [1.54, 1.807) is 24.2 Å². The first-order valence-corrected chi connectivity index (χ1v) is 24.8. The van der Waals surface area contributed by atoms with E-state index in [0.717, 1.165) is 21.8 Å². The second-order valence-electron chi connectivity index (χ2n) is 19.3. The van der Waals surface area contributed by atoms with Crippen LogP contribution in [0.5, 0.6) is 5.75 Å². The van der Waals surface area contributed by atoms with Crippen LogP contribution in [0.3, 0.4) is 0 Å². The number of imide groups is 1. The monoisotopic (exact) mass is 1030 g/mol. The molecule has 380 valence electrons. The van der Waals surface area contributed by atoms with Crippen LogP contribution in [-0.2, 0) is 40.6 Å². The van der Waals surface area contributed by atoms with E-state index in [-0.39, 0.29) is 82.9 Å². The lowest BCUT2D eigenvalue weighted by Gasteiger charge is -2.51. The molecule has 4 amide bonds. The van der Waals surface area contributed by atoms with Gasteiger partial charge < -0.3 is 20.1 Å². The number of hydrogen-bond donors (Lipinski definition) is 4. The third-order valence-corrected chi connectivity index (χ3v) is 15.6. The minimum absolute atomic E-state index is 0.00723. The number of nitrogens with zero attached hydrogens (tertiary/aromatic N) is 7. The van der Waals surface area contributed by atoms with E-state index in [1.807, 2.05) is 35.2 Å². The van der Waals surface area contributed by atoms with Crippen molar-refractivity contribution < 1.29 is 51.4 Å². The number of rotatable bonds is 11. The first-order valence-electron chi connectivity index (χ1n) is 24.0. The lowest BCUT2D eigenvalue weighted by atomic mass is 9.61. The second-order valence-corrected chi connectivity index (χ2v) is 20.3. The summed E-state index contributed by atoms with van der Waals surface area (Å²) in [6.45, 7) is 1.68. The first kappa shape index (κ1) is 48.4. The van der Waals surface area contributed by atoms with Crippen LogP contribution in [-0.4, -0.2) is 96.6 Å². The Morgan fingerprint density at radius 2 is 1.72 bits per heavy atom. The molecule has 74 heavy (non-hydrogen) atoms. The number of likely N-dealkylation sites (tertiary alicyclic amines) is 1. The molecule has 1 unspecified atom stereocenters. The van der Waals surface area contributed by atoms with Crippen LogP contribution >= 0.6 is 11.3 Å². The van der Waals surface area contributed by atoms with Gasteiger partial charge in [-0.2, -0.15) is 18.3 Å². The lowest BCUT2D eigenvalue weighted by Crippen LogP contribution is -2.51. The number of pyridine rings is 2. The van der Waals surface area contributed by atoms with E-state index < -0.39 is 52.9 Å². The minimum atomic E-state index is -4.88. The van der Waals surface area contributed by atoms with E-state index in [1.165, 1.54) is 46.4 Å². The number of aromatic carboxylic acids is 1. The maximum Gasteiger partial charge on any atom is 0.417 e. The van der Waals surface area contributed by atoms with Crippen molar-refractivity contribution in [2.45, 2.75) is 69.7 Å². The van der Waals surface area contributed by atoms with Crippen molar-refractivity contribution in [1.82, 2.24) is 34.9 Å². The van der Waals surface area contributed by atoms with Crippen LogP contribution in [0.2, 0.25) is 0 Å². The maximum atomic E-state index is 15.8. The summed E-state index contributed by atoms with van der Waals surface area (Å²) in [5, 5.41) is 23.4. The molecular weight excluding hydrogens is 985 g/mol. The molecule has 3 fully saturated rings. The number of thiazole rings is 1. The topological polar surface area (TPSA) is 214 Å². The largest absolute Gasteiger partial charge is 0.490 e. The standard InChI is InChI=1S/C52H46F4N10O7S/c1-64-46-32(43(63-64)33-10-13-40(67)61-47(33)69)8-11-37(42(46)53)58-41(68)26-65-20-16-51(17-21-65)23-29(24-51)73-28-6-7-30(35(22-28)52(54,55)56)31-9-12-39(60-45(31)49(71)72)66-19-15-27-14-18-57-44(34(27)25-66)48(70)62-50-59-36-4-2-3-5-38(36)74-50/h2-9,11-12,14,18,22,29,33H,10,13,15-17,19-21,23-26H2,1H3,(H,58,68)(H,71,72)(H,59,62,70)(H,61,67,69). The van der Waals surface area contributed by atoms with Gasteiger partial charge in [0.05, 0.1) is 45.7 Å². The van der Waals surface area contributed by atoms with Crippen LogP contribution in [0, 0.1) is 11.2 Å². The number of hydrogen-bond acceptors (Lipinski definition) is 13. The van der Waals surface area contributed by atoms with Gasteiger partial charge in [0.15, 0.2) is 16.6 Å². The number of benzene rings is 3. The Kier molecular flexibility index (Phi) is 12.4. The number of carboxylic acids is 1. The quantitative estimate of drug-likeness (QED) is 0.0713. The Balaban J connectivity index is 0.715. The smallest absolute Gasteiger partial charge is 0.417 e. The Morgan fingerprint density at radius 1 is 0.932 bits per heavy atom. The molecule has 7 heterocycles. The molecular formula is C52H46F4N10O7S. The Labute approximate surface area is 422 Å². The lowest BCUT2D eigenvalue weighted by molar-refractivity contribution is -0.137. The van der Waals surface area contributed by atoms with E-state index in [4.69, 9.17) is 4.74 Å². The molecule has 1 aliphatic carbocycles. The van der Waals surface area contributed by atoms with Gasteiger partial charge in [-0.1, -0.05) is 29.5 Å². The first-order chi connectivity index (χ1) is 35.5. The van der Waals surface area contributed by atoms with E-state index >= 15 is 4.39 Å². The van der Waals surface area contributed by atoms with Gasteiger partial charge in [0.25, 0.3) is 5.91 Å². The number of aryl methyl sites for hydroxylation is 1. The number of carbonyl (C=O) groups excluding carboxylic acids is 4. The summed E-state index contributed by atoms with van der Waals surface area (Å²) >= 11 is 1.32. The third kappa shape index (κ3) is 9.27. The number of aromatic nitrogens is 5. The van der Waals surface area contributed by atoms with Gasteiger partial charge in [-0.15, -0.1) is 0 Å². The molecule has 0 radical (unpaired) electrons. The number of carbonyl (C=O) groups is 5. The summed E-state index contributed by atoms with van der Waals surface area (Å²) in [5.74, 6) is -4.47. The number of amides is 4. The number of halogens is 4. The average Bonchev–Trinajstić information content (AvgIpc) is 3.94. The molecule has 11 rings (SSSR count). The number of anilines is 3. The molecule has 0 bridgehead atoms. The van der Waals surface area contributed by atoms with Crippen molar-refractivity contribution >= 4 is 78.7 Å². The minimum Gasteiger partial charge on any atom is -0.490 e. The normalized spacial score (nSPS) is 18.0. The Hall–Kier alpha value is -7.85. The molecule has 3 aromatic carbocycles. The number of nitrogens with one attached hydrogen (secondary N) is 3. The molecule has 3 aliphatic heterocycles. The summed E-state index contributed by atoms with van der Waals surface area (Å²) in [6.07, 6.45) is -0.209. The number of alkyl halides is 3. The van der Waals surface area contributed by atoms with Gasteiger partial charge in [-0.05, 0) is 123 Å². The molecule has 17 nitrogen and oxygen atoms in total. The van der Waals surface area contributed by atoms with Crippen molar-refractivity contribution in [2.24, 2.45) is 12.5 Å². The van der Waals surface area contributed by atoms with Gasteiger partial charge >= 0.3 is 12.1 Å². The highest BCUT2D eigenvalue weighted by molar-refractivity contribution is 7.22. The summed E-state index contributed by atoms with van der Waals surface area (Å²) in [4.78, 5) is 80.6. The van der Waals surface area contributed by atoms with Gasteiger partial charge in [0, 0.05) is 49.3 Å². The summed E-state index contributed by atoms with van der Waals surface area (Å²) in [6, 6.07) is 18.6. The molecule has 1 spiro atoms. The highest BCUT2D eigenvalue weighted by Crippen LogP contribution is 2.51. The molecule has 22 heteroatoms. The molecule has 1 saturated carbocycles. The van der Waals surface area contributed by atoms with Crippen LogP contribution < -0.4 is 25.6 Å². The van der Waals surface area contributed by atoms with Gasteiger partial charge in [0.2, 0.25) is 17.7 Å². The average molecular weight is 1030 g/mol. The van der Waals surface area contributed by atoms with E-state index in [2.05, 4.69) is 36.0 Å². The van der Waals surface area contributed by atoms with Crippen LogP contribution in [0.4, 0.5) is 34.2 Å². The number of para-hydroxylation sites is 1. The fourth-order valence-corrected chi connectivity index (χ4v) is 11.7. The summed E-state index contributed by atoms with van der Waals surface area (Å²) in [7, 11) is 1.54. The van der Waals surface area contributed by atoms with E-state index in [9.17, 15) is 42.3 Å². The zero-order chi connectivity index (χ0) is 51.6. The molecule has 4 aromatic heterocycles. The van der Waals surface area contributed by atoms with Crippen molar-refractivity contribution in [2.75, 3.05) is 41.7 Å². The third-order valence-electron chi connectivity index (χ3n) is 14.6. The number of piperidine rings is 2. The highest BCUT2D eigenvalue weighted by Gasteiger charge is 2.47. The van der Waals surface area contributed by atoms with Crippen LogP contribution in [0.1, 0.15) is 87.8 Å². The fourth-order valence-electron chi connectivity index (χ4n) is 10.8. The highest BCUT2D eigenvalue weighted by atomic mass is 32.1. The predicted octanol–water partition coefficient (Wildman–Crippen LogP) is 8.09. The number of fused-ring (bicyclic) bond motifs is 3. The Morgan fingerprint density at radius 3 is 2.47 bits per heavy atom. The SMILES string of the molecule is Cn1nc(C2CCC(=O)NC2=O)c2ccc(NC(=O)CN3CCC4(CC3)CC(Oc3ccc(-c5ccc(N6CCc7ccnc(C(=O)Nc8nc9ccccc9s8)c7C6)nc5C(=O)O)c(C(F)(F)F)c3)C4)c(F)c21. The van der Waals surface area contributed by atoms with Crippen molar-refractivity contribution in [3.63, 3.8) is 0 Å². The summed E-state index contributed by atoms with van der Waals surface area (Å²) < 4.78 is 68.7. The molecule has 7 aromatic rings. The van der Waals surface area contributed by atoms with Crippen LogP contribution in [0.25, 0.3) is 32.2 Å². The molecule has 2 saturated heterocycles. The summed E-state index contributed by atoms with van der Waals surface area (Å²) in [5.41, 5.74) is 0.466. The number of carboxylic acid groups (broad SMARTS) is 1.